The molecule has 0 aliphatic rings. The highest BCUT2D eigenvalue weighted by Crippen LogP contribution is 2.12. The summed E-state index contributed by atoms with van der Waals surface area (Å²) in [5, 5.41) is 9.21. The first-order valence-corrected chi connectivity index (χ1v) is 6.92. The van der Waals surface area contributed by atoms with Gasteiger partial charge in [-0.1, -0.05) is 30.7 Å². The molecule has 1 aromatic rings. The Hall–Kier alpha value is -0.860. The SMILES string of the molecule is CCC(CO)CN(C)CCc1ccc(C)cc1C. The third-order valence-corrected chi connectivity index (χ3v) is 3.67. The van der Waals surface area contributed by atoms with E-state index < -0.39 is 0 Å². The second-order valence-electron chi connectivity index (χ2n) is 5.40. The number of aryl methyl sites for hydroxylation is 2. The fourth-order valence-corrected chi connectivity index (χ4v) is 2.29. The van der Waals surface area contributed by atoms with Gasteiger partial charge in [0.25, 0.3) is 0 Å². The Labute approximate surface area is 112 Å². The maximum absolute atomic E-state index is 9.21. The number of rotatable bonds is 7. The molecule has 102 valence electrons. The maximum Gasteiger partial charge on any atom is 0.0471 e. The van der Waals surface area contributed by atoms with Gasteiger partial charge in [-0.05, 0) is 50.8 Å². The lowest BCUT2D eigenvalue weighted by atomic mass is 10.0. The number of hydrogen-bond acceptors (Lipinski definition) is 2. The van der Waals surface area contributed by atoms with Crippen LogP contribution < -0.4 is 0 Å². The summed E-state index contributed by atoms with van der Waals surface area (Å²) in [5.41, 5.74) is 4.15. The van der Waals surface area contributed by atoms with E-state index in [1.54, 1.807) is 0 Å². The summed E-state index contributed by atoms with van der Waals surface area (Å²) in [5.74, 6) is 0.411. The Morgan fingerprint density at radius 1 is 1.28 bits per heavy atom. The maximum atomic E-state index is 9.21. The Bertz CT molecular complexity index is 358. The van der Waals surface area contributed by atoms with Crippen LogP contribution in [0.25, 0.3) is 0 Å². The van der Waals surface area contributed by atoms with Crippen molar-refractivity contribution in [1.29, 1.82) is 0 Å². The molecule has 0 aromatic heterocycles. The Balaban J connectivity index is 2.44. The summed E-state index contributed by atoms with van der Waals surface area (Å²) in [6, 6.07) is 6.67. The average molecular weight is 249 g/mol. The lowest BCUT2D eigenvalue weighted by Crippen LogP contribution is -2.29. The van der Waals surface area contributed by atoms with E-state index in [0.717, 1.165) is 25.9 Å². The van der Waals surface area contributed by atoms with Crippen LogP contribution in [0.1, 0.15) is 30.0 Å². The third-order valence-electron chi connectivity index (χ3n) is 3.67. The molecule has 0 heterocycles. The minimum absolute atomic E-state index is 0.296. The van der Waals surface area contributed by atoms with Crippen LogP contribution in [-0.2, 0) is 6.42 Å². The molecule has 1 rings (SSSR count). The topological polar surface area (TPSA) is 23.5 Å². The highest BCUT2D eigenvalue weighted by molar-refractivity contribution is 5.30. The van der Waals surface area contributed by atoms with Crippen molar-refractivity contribution in [2.45, 2.75) is 33.6 Å². The zero-order chi connectivity index (χ0) is 13.5. The molecule has 1 N–H and O–H groups in total. The second kappa shape index (κ2) is 7.55. The summed E-state index contributed by atoms with van der Waals surface area (Å²) < 4.78 is 0. The van der Waals surface area contributed by atoms with Crippen molar-refractivity contribution < 1.29 is 5.11 Å². The monoisotopic (exact) mass is 249 g/mol. The van der Waals surface area contributed by atoms with Crippen LogP contribution in [0.4, 0.5) is 0 Å². The molecule has 1 aromatic carbocycles. The van der Waals surface area contributed by atoms with Crippen LogP contribution in [0.2, 0.25) is 0 Å². The van der Waals surface area contributed by atoms with Crippen molar-refractivity contribution in [3.63, 3.8) is 0 Å². The smallest absolute Gasteiger partial charge is 0.0471 e. The Kier molecular flexibility index (Phi) is 6.37. The quantitative estimate of drug-likeness (QED) is 0.803. The zero-order valence-electron chi connectivity index (χ0n) is 12.2. The zero-order valence-corrected chi connectivity index (χ0v) is 12.2. The average Bonchev–Trinajstić information content (AvgIpc) is 2.35. The van der Waals surface area contributed by atoms with Crippen molar-refractivity contribution in [1.82, 2.24) is 4.90 Å². The molecule has 1 atom stereocenters. The van der Waals surface area contributed by atoms with Gasteiger partial charge in [0.2, 0.25) is 0 Å². The van der Waals surface area contributed by atoms with Crippen LogP contribution in [0, 0.1) is 19.8 Å². The van der Waals surface area contributed by atoms with Gasteiger partial charge in [0.05, 0.1) is 0 Å². The fraction of sp³-hybridized carbons (Fsp3) is 0.625. The van der Waals surface area contributed by atoms with E-state index in [1.807, 2.05) is 0 Å². The molecule has 0 radical (unpaired) electrons. The van der Waals surface area contributed by atoms with Crippen molar-refractivity contribution in [2.75, 3.05) is 26.7 Å². The van der Waals surface area contributed by atoms with E-state index in [2.05, 4.69) is 50.9 Å². The van der Waals surface area contributed by atoms with Crippen molar-refractivity contribution in [3.05, 3.63) is 34.9 Å². The highest BCUT2D eigenvalue weighted by Gasteiger charge is 2.08. The first-order valence-electron chi connectivity index (χ1n) is 6.92. The van der Waals surface area contributed by atoms with Gasteiger partial charge >= 0.3 is 0 Å². The van der Waals surface area contributed by atoms with Crippen LogP contribution >= 0.6 is 0 Å². The minimum atomic E-state index is 0.296. The van der Waals surface area contributed by atoms with Crippen LogP contribution in [0.15, 0.2) is 18.2 Å². The van der Waals surface area contributed by atoms with Crippen molar-refractivity contribution in [3.8, 4) is 0 Å². The predicted molar refractivity (Wildman–Crippen MR) is 78.0 cm³/mol. The molecule has 18 heavy (non-hydrogen) atoms. The fourth-order valence-electron chi connectivity index (χ4n) is 2.29. The number of likely N-dealkylation sites (N-methyl/N-ethyl adjacent to an activating group) is 1. The largest absolute Gasteiger partial charge is 0.396 e. The normalized spacial score (nSPS) is 13.0. The molecule has 0 saturated carbocycles. The molecule has 0 saturated heterocycles. The van der Waals surface area contributed by atoms with Gasteiger partial charge in [-0.15, -0.1) is 0 Å². The summed E-state index contributed by atoms with van der Waals surface area (Å²) in [6.45, 7) is 8.79. The van der Waals surface area contributed by atoms with E-state index >= 15 is 0 Å². The number of nitrogens with zero attached hydrogens (tertiary/aromatic N) is 1. The molecule has 2 nitrogen and oxygen atoms in total. The van der Waals surface area contributed by atoms with Crippen LogP contribution in [-0.4, -0.2) is 36.8 Å². The summed E-state index contributed by atoms with van der Waals surface area (Å²) >= 11 is 0. The molecule has 1 unspecified atom stereocenters. The number of benzene rings is 1. The lowest BCUT2D eigenvalue weighted by Gasteiger charge is -2.22. The van der Waals surface area contributed by atoms with Crippen molar-refractivity contribution in [2.24, 2.45) is 5.92 Å². The summed E-state index contributed by atoms with van der Waals surface area (Å²) in [4.78, 5) is 2.32. The lowest BCUT2D eigenvalue weighted by molar-refractivity contribution is 0.177. The van der Waals surface area contributed by atoms with Crippen LogP contribution in [0.5, 0.6) is 0 Å². The number of aliphatic hydroxyl groups excluding tert-OH is 1. The van der Waals surface area contributed by atoms with Gasteiger partial charge in [-0.25, -0.2) is 0 Å². The number of aliphatic hydroxyl groups is 1. The van der Waals surface area contributed by atoms with E-state index in [0.29, 0.717) is 12.5 Å². The second-order valence-corrected chi connectivity index (χ2v) is 5.40. The van der Waals surface area contributed by atoms with Gasteiger partial charge in [0.15, 0.2) is 0 Å². The molecule has 2 heteroatoms. The van der Waals surface area contributed by atoms with Gasteiger partial charge in [-0.2, -0.15) is 0 Å². The Morgan fingerprint density at radius 2 is 2.00 bits per heavy atom. The van der Waals surface area contributed by atoms with E-state index in [-0.39, 0.29) is 0 Å². The van der Waals surface area contributed by atoms with E-state index in [1.165, 1.54) is 16.7 Å². The van der Waals surface area contributed by atoms with Gasteiger partial charge in [0, 0.05) is 19.7 Å². The summed E-state index contributed by atoms with van der Waals surface area (Å²) in [6.07, 6.45) is 2.13. The molecular weight excluding hydrogens is 222 g/mol. The highest BCUT2D eigenvalue weighted by atomic mass is 16.3. The van der Waals surface area contributed by atoms with Crippen molar-refractivity contribution >= 4 is 0 Å². The van der Waals surface area contributed by atoms with Crippen LogP contribution in [0.3, 0.4) is 0 Å². The number of hydrogen-bond donors (Lipinski definition) is 1. The molecule has 0 aliphatic carbocycles. The molecule has 0 fully saturated rings. The molecular formula is C16H27NO. The molecule has 0 amide bonds. The van der Waals surface area contributed by atoms with E-state index in [4.69, 9.17) is 0 Å². The first kappa shape index (κ1) is 15.2. The van der Waals surface area contributed by atoms with Gasteiger partial charge in [-0.3, -0.25) is 0 Å². The minimum Gasteiger partial charge on any atom is -0.396 e. The Morgan fingerprint density at radius 3 is 2.56 bits per heavy atom. The van der Waals surface area contributed by atoms with Gasteiger partial charge in [0.1, 0.15) is 0 Å². The predicted octanol–water partition coefficient (Wildman–Crippen LogP) is 2.80. The standard InChI is InChI=1S/C16H27NO/c1-5-15(12-18)11-17(4)9-8-16-7-6-13(2)10-14(16)3/h6-7,10,15,18H,5,8-9,11-12H2,1-4H3. The van der Waals surface area contributed by atoms with Gasteiger partial charge < -0.3 is 10.0 Å². The third kappa shape index (κ3) is 4.79. The van der Waals surface area contributed by atoms with E-state index in [9.17, 15) is 5.11 Å². The molecule has 0 bridgehead atoms. The molecule has 0 spiro atoms. The molecule has 0 aliphatic heterocycles. The summed E-state index contributed by atoms with van der Waals surface area (Å²) in [7, 11) is 2.14. The first-order chi connectivity index (χ1) is 8.56.